The Hall–Kier alpha value is -0.0800. The van der Waals surface area contributed by atoms with Crippen molar-refractivity contribution in [2.24, 2.45) is 11.3 Å². The van der Waals surface area contributed by atoms with Gasteiger partial charge in [-0.2, -0.15) is 0 Å². The van der Waals surface area contributed by atoms with Gasteiger partial charge in [-0.3, -0.25) is 11.3 Å². The van der Waals surface area contributed by atoms with Crippen molar-refractivity contribution in [1.29, 1.82) is 0 Å². The lowest BCUT2D eigenvalue weighted by Gasteiger charge is -2.27. The monoisotopic (exact) mass is 158 g/mol. The van der Waals surface area contributed by atoms with Gasteiger partial charge in [0.2, 0.25) is 0 Å². The predicted octanol–water partition coefficient (Wildman–Crippen LogP) is 2.05. The van der Waals surface area contributed by atoms with E-state index in [0.29, 0.717) is 11.5 Å². The number of nitrogens with two attached hydrogens (primary N) is 1. The summed E-state index contributed by atoms with van der Waals surface area (Å²) in [6.45, 7) is 8.96. The second-order valence-corrected chi connectivity index (χ2v) is 3.99. The molecule has 1 atom stereocenters. The van der Waals surface area contributed by atoms with E-state index in [0.717, 1.165) is 12.8 Å². The molecule has 0 aromatic heterocycles. The van der Waals surface area contributed by atoms with Gasteiger partial charge in [0.05, 0.1) is 0 Å². The van der Waals surface area contributed by atoms with Crippen LogP contribution in [0.25, 0.3) is 0 Å². The fraction of sp³-hybridized carbons (Fsp3) is 1.00. The molecule has 0 spiro atoms. The molecule has 0 aromatic carbocycles. The van der Waals surface area contributed by atoms with Crippen LogP contribution in [0.15, 0.2) is 0 Å². The van der Waals surface area contributed by atoms with E-state index in [-0.39, 0.29) is 0 Å². The van der Waals surface area contributed by atoms with Gasteiger partial charge in [0.1, 0.15) is 0 Å². The molecule has 0 bridgehead atoms. The Kier molecular flexibility index (Phi) is 4.69. The minimum absolute atomic E-state index is 0.424. The molecule has 2 heteroatoms. The highest BCUT2D eigenvalue weighted by Crippen LogP contribution is 2.26. The lowest BCUT2D eigenvalue weighted by atomic mass is 9.83. The van der Waals surface area contributed by atoms with Gasteiger partial charge in [-0.25, -0.2) is 0 Å². The summed E-state index contributed by atoms with van der Waals surface area (Å²) in [6.07, 6.45) is 3.49. The first-order valence-electron chi connectivity index (χ1n) is 4.52. The van der Waals surface area contributed by atoms with Crippen molar-refractivity contribution in [2.45, 2.75) is 53.0 Å². The van der Waals surface area contributed by atoms with Gasteiger partial charge in [0.25, 0.3) is 0 Å². The van der Waals surface area contributed by atoms with Crippen LogP contribution in [-0.2, 0) is 0 Å². The lowest BCUT2D eigenvalue weighted by Crippen LogP contribution is -2.37. The minimum atomic E-state index is 0.424. The minimum Gasteiger partial charge on any atom is -0.271 e. The normalized spacial score (nSPS) is 15.0. The zero-order valence-electron chi connectivity index (χ0n) is 8.28. The summed E-state index contributed by atoms with van der Waals surface area (Å²) in [5, 5.41) is 0. The highest BCUT2D eigenvalue weighted by Gasteiger charge is 2.19. The quantitative estimate of drug-likeness (QED) is 0.475. The summed E-state index contributed by atoms with van der Waals surface area (Å²) >= 11 is 0. The SMILES string of the molecule is CCC(CC(C)(C)CC)NN. The second kappa shape index (κ2) is 4.73. The molecule has 0 rings (SSSR count). The van der Waals surface area contributed by atoms with Crippen molar-refractivity contribution >= 4 is 0 Å². The first kappa shape index (κ1) is 10.9. The maximum atomic E-state index is 5.40. The van der Waals surface area contributed by atoms with Crippen LogP contribution in [0.2, 0.25) is 0 Å². The van der Waals surface area contributed by atoms with E-state index < -0.39 is 0 Å². The van der Waals surface area contributed by atoms with Crippen LogP contribution >= 0.6 is 0 Å². The molecular formula is C9H22N2. The molecular weight excluding hydrogens is 136 g/mol. The molecule has 68 valence electrons. The number of hydrogen-bond donors (Lipinski definition) is 2. The van der Waals surface area contributed by atoms with Crippen LogP contribution in [0.5, 0.6) is 0 Å². The Morgan fingerprint density at radius 2 is 1.91 bits per heavy atom. The van der Waals surface area contributed by atoms with Crippen molar-refractivity contribution in [1.82, 2.24) is 5.43 Å². The molecule has 0 aliphatic heterocycles. The molecule has 11 heavy (non-hydrogen) atoms. The maximum Gasteiger partial charge on any atom is 0.0213 e. The van der Waals surface area contributed by atoms with E-state index in [4.69, 9.17) is 5.84 Å². The number of hydrazine groups is 1. The Bertz CT molecular complexity index is 95.7. The molecule has 0 aromatic rings. The Balaban J connectivity index is 3.79. The van der Waals surface area contributed by atoms with Gasteiger partial charge in [-0.05, 0) is 18.3 Å². The first-order chi connectivity index (χ1) is 5.05. The smallest absolute Gasteiger partial charge is 0.0213 e. The van der Waals surface area contributed by atoms with Crippen molar-refractivity contribution in [3.63, 3.8) is 0 Å². The summed E-state index contributed by atoms with van der Waals surface area (Å²) < 4.78 is 0. The highest BCUT2D eigenvalue weighted by atomic mass is 15.2. The van der Waals surface area contributed by atoms with Gasteiger partial charge >= 0.3 is 0 Å². The van der Waals surface area contributed by atoms with E-state index in [1.165, 1.54) is 6.42 Å². The highest BCUT2D eigenvalue weighted by molar-refractivity contribution is 4.74. The van der Waals surface area contributed by atoms with E-state index in [2.05, 4.69) is 33.1 Å². The van der Waals surface area contributed by atoms with Crippen LogP contribution in [0, 0.1) is 5.41 Å². The van der Waals surface area contributed by atoms with Gasteiger partial charge in [-0.15, -0.1) is 0 Å². The molecule has 0 saturated heterocycles. The topological polar surface area (TPSA) is 38.0 Å². The molecule has 0 fully saturated rings. The molecule has 3 N–H and O–H groups in total. The standard InChI is InChI=1S/C9H22N2/c1-5-8(11-10)7-9(3,4)6-2/h8,11H,5-7,10H2,1-4H3. The van der Waals surface area contributed by atoms with Gasteiger partial charge < -0.3 is 0 Å². The van der Waals surface area contributed by atoms with E-state index in [9.17, 15) is 0 Å². The average Bonchev–Trinajstić information content (AvgIpc) is 2.00. The van der Waals surface area contributed by atoms with E-state index >= 15 is 0 Å². The second-order valence-electron chi connectivity index (χ2n) is 3.99. The molecule has 0 amide bonds. The van der Waals surface area contributed by atoms with Crippen molar-refractivity contribution in [3.8, 4) is 0 Å². The van der Waals surface area contributed by atoms with E-state index in [1.54, 1.807) is 0 Å². The molecule has 0 saturated carbocycles. The van der Waals surface area contributed by atoms with Crippen LogP contribution in [-0.4, -0.2) is 6.04 Å². The Morgan fingerprint density at radius 3 is 2.18 bits per heavy atom. The van der Waals surface area contributed by atoms with Gasteiger partial charge in [-0.1, -0.05) is 34.1 Å². The maximum absolute atomic E-state index is 5.40. The first-order valence-corrected chi connectivity index (χ1v) is 4.52. The molecule has 2 nitrogen and oxygen atoms in total. The molecule has 0 aliphatic carbocycles. The van der Waals surface area contributed by atoms with E-state index in [1.807, 2.05) is 0 Å². The summed E-state index contributed by atoms with van der Waals surface area (Å²) in [5.74, 6) is 5.40. The zero-order chi connectivity index (χ0) is 8.91. The fourth-order valence-corrected chi connectivity index (χ4v) is 1.13. The number of nitrogens with one attached hydrogen (secondary N) is 1. The molecule has 0 heterocycles. The summed E-state index contributed by atoms with van der Waals surface area (Å²) in [7, 11) is 0. The predicted molar refractivity (Wildman–Crippen MR) is 50.1 cm³/mol. The van der Waals surface area contributed by atoms with Crippen LogP contribution in [0.3, 0.4) is 0 Å². The van der Waals surface area contributed by atoms with Gasteiger partial charge in [0, 0.05) is 6.04 Å². The molecule has 0 aliphatic rings. The third-order valence-electron chi connectivity index (χ3n) is 2.48. The Labute approximate surface area is 70.5 Å². The molecule has 0 radical (unpaired) electrons. The Morgan fingerprint density at radius 1 is 1.36 bits per heavy atom. The van der Waals surface area contributed by atoms with Gasteiger partial charge in [0.15, 0.2) is 0 Å². The van der Waals surface area contributed by atoms with Crippen molar-refractivity contribution < 1.29 is 0 Å². The average molecular weight is 158 g/mol. The third kappa shape index (κ3) is 4.38. The lowest BCUT2D eigenvalue weighted by molar-refractivity contribution is 0.267. The number of rotatable bonds is 5. The summed E-state index contributed by atoms with van der Waals surface area (Å²) in [6, 6.07) is 0.477. The van der Waals surface area contributed by atoms with Crippen molar-refractivity contribution in [3.05, 3.63) is 0 Å². The van der Waals surface area contributed by atoms with Crippen molar-refractivity contribution in [2.75, 3.05) is 0 Å². The van der Waals surface area contributed by atoms with Crippen LogP contribution in [0.4, 0.5) is 0 Å². The third-order valence-corrected chi connectivity index (χ3v) is 2.48. The van der Waals surface area contributed by atoms with Crippen LogP contribution in [0.1, 0.15) is 47.0 Å². The summed E-state index contributed by atoms with van der Waals surface area (Å²) in [4.78, 5) is 0. The molecule has 1 unspecified atom stereocenters. The van der Waals surface area contributed by atoms with Crippen LogP contribution < -0.4 is 11.3 Å². The zero-order valence-corrected chi connectivity index (χ0v) is 8.28. The number of hydrogen-bond acceptors (Lipinski definition) is 2. The largest absolute Gasteiger partial charge is 0.271 e. The summed E-state index contributed by atoms with van der Waals surface area (Å²) in [5.41, 5.74) is 3.27. The fourth-order valence-electron chi connectivity index (χ4n) is 1.13.